The van der Waals surface area contributed by atoms with Crippen molar-refractivity contribution in [2.24, 2.45) is 0 Å². The highest BCUT2D eigenvalue weighted by Gasteiger charge is 2.09. The first-order valence-corrected chi connectivity index (χ1v) is 4.11. The van der Waals surface area contributed by atoms with E-state index in [2.05, 4.69) is 4.98 Å². The molecule has 0 spiro atoms. The van der Waals surface area contributed by atoms with Crippen molar-refractivity contribution < 1.29 is 4.79 Å². The van der Waals surface area contributed by atoms with Gasteiger partial charge in [0.2, 0.25) is 0 Å². The summed E-state index contributed by atoms with van der Waals surface area (Å²) in [5.74, 6) is -0.243. The molecule has 1 rings (SSSR count). The second-order valence-corrected chi connectivity index (χ2v) is 3.17. The third kappa shape index (κ3) is 1.83. The molecule has 0 fully saturated rings. The Morgan fingerprint density at radius 2 is 2.15 bits per heavy atom. The molecule has 0 unspecified atom stereocenters. The maximum Gasteiger partial charge on any atom is 0.264 e. The zero-order chi connectivity index (χ0) is 10.0. The fourth-order valence-electron chi connectivity index (χ4n) is 1.04. The van der Waals surface area contributed by atoms with E-state index in [1.165, 1.54) is 24.0 Å². The number of hydrogen-bond donors (Lipinski definition) is 0. The van der Waals surface area contributed by atoms with E-state index in [-0.39, 0.29) is 22.9 Å². The van der Waals surface area contributed by atoms with Crippen molar-refractivity contribution in [2.45, 2.75) is 26.8 Å². The number of ketones is 1. The topological polar surface area (TPSA) is 52.0 Å². The summed E-state index contributed by atoms with van der Waals surface area (Å²) in [7, 11) is 0. The molecular weight excluding hydrogens is 168 g/mol. The molecular formula is C9H12N2O2. The summed E-state index contributed by atoms with van der Waals surface area (Å²) in [5, 5.41) is 0. The minimum atomic E-state index is -0.266. The molecule has 4 nitrogen and oxygen atoms in total. The van der Waals surface area contributed by atoms with E-state index in [1.807, 2.05) is 13.8 Å². The number of nitrogens with zero attached hydrogens (tertiary/aromatic N) is 2. The third-order valence-electron chi connectivity index (χ3n) is 1.80. The Morgan fingerprint density at radius 1 is 1.54 bits per heavy atom. The summed E-state index contributed by atoms with van der Waals surface area (Å²) >= 11 is 0. The Balaban J connectivity index is 3.36. The van der Waals surface area contributed by atoms with Gasteiger partial charge in [-0.05, 0) is 20.8 Å². The van der Waals surface area contributed by atoms with Gasteiger partial charge in [-0.2, -0.15) is 0 Å². The molecule has 0 aliphatic heterocycles. The lowest BCUT2D eigenvalue weighted by atomic mass is 10.2. The van der Waals surface area contributed by atoms with Gasteiger partial charge in [-0.15, -0.1) is 0 Å². The van der Waals surface area contributed by atoms with Gasteiger partial charge in [-0.3, -0.25) is 14.2 Å². The van der Waals surface area contributed by atoms with Crippen LogP contribution in [0.3, 0.4) is 0 Å². The van der Waals surface area contributed by atoms with Gasteiger partial charge in [-0.25, -0.2) is 4.98 Å². The zero-order valence-electron chi connectivity index (χ0n) is 7.94. The standard InChI is InChI=1S/C9H12N2O2/c1-6(2)11-5-10-4-8(7(3)12)9(11)13/h4-6H,1-3H3. The molecule has 0 saturated carbocycles. The molecule has 0 aliphatic rings. The summed E-state index contributed by atoms with van der Waals surface area (Å²) < 4.78 is 1.44. The lowest BCUT2D eigenvalue weighted by molar-refractivity contribution is 0.101. The quantitative estimate of drug-likeness (QED) is 0.638. The molecule has 1 heterocycles. The Kier molecular flexibility index (Phi) is 2.60. The van der Waals surface area contributed by atoms with Gasteiger partial charge in [0.1, 0.15) is 5.56 Å². The Hall–Kier alpha value is -1.45. The predicted octanol–water partition coefficient (Wildman–Crippen LogP) is 1.03. The Bertz CT molecular complexity index is 379. The first kappa shape index (κ1) is 9.64. The van der Waals surface area contributed by atoms with Crippen molar-refractivity contribution in [1.29, 1.82) is 0 Å². The molecule has 0 aliphatic carbocycles. The van der Waals surface area contributed by atoms with E-state index in [0.29, 0.717) is 0 Å². The molecule has 0 bridgehead atoms. The number of carbonyl (C=O) groups is 1. The SMILES string of the molecule is CC(=O)c1cncn(C(C)C)c1=O. The van der Waals surface area contributed by atoms with Crippen molar-refractivity contribution in [1.82, 2.24) is 9.55 Å². The maximum absolute atomic E-state index is 11.6. The molecule has 0 saturated heterocycles. The van der Waals surface area contributed by atoms with Crippen LogP contribution in [-0.4, -0.2) is 15.3 Å². The minimum Gasteiger partial charge on any atom is -0.296 e. The highest BCUT2D eigenvalue weighted by molar-refractivity contribution is 5.93. The molecule has 70 valence electrons. The van der Waals surface area contributed by atoms with Gasteiger partial charge in [-0.1, -0.05) is 0 Å². The average Bonchev–Trinajstić information content (AvgIpc) is 2.03. The molecule has 1 aromatic rings. The molecule has 0 amide bonds. The largest absolute Gasteiger partial charge is 0.296 e. The monoisotopic (exact) mass is 180 g/mol. The van der Waals surface area contributed by atoms with Crippen molar-refractivity contribution in [2.75, 3.05) is 0 Å². The first-order valence-electron chi connectivity index (χ1n) is 4.11. The van der Waals surface area contributed by atoms with Crippen LogP contribution in [0.15, 0.2) is 17.3 Å². The summed E-state index contributed by atoms with van der Waals surface area (Å²) in [6.07, 6.45) is 2.75. The van der Waals surface area contributed by atoms with Gasteiger partial charge in [0.25, 0.3) is 5.56 Å². The molecule has 4 heteroatoms. The summed E-state index contributed by atoms with van der Waals surface area (Å²) in [6.45, 7) is 5.10. The van der Waals surface area contributed by atoms with Crippen LogP contribution in [-0.2, 0) is 0 Å². The van der Waals surface area contributed by atoms with Crippen molar-refractivity contribution >= 4 is 5.78 Å². The second-order valence-electron chi connectivity index (χ2n) is 3.17. The van der Waals surface area contributed by atoms with E-state index in [0.717, 1.165) is 0 Å². The normalized spacial score (nSPS) is 10.5. The van der Waals surface area contributed by atoms with Crippen LogP contribution >= 0.6 is 0 Å². The van der Waals surface area contributed by atoms with Crippen LogP contribution in [0, 0.1) is 0 Å². The van der Waals surface area contributed by atoms with Crippen molar-refractivity contribution in [3.05, 3.63) is 28.4 Å². The highest BCUT2D eigenvalue weighted by atomic mass is 16.1. The molecule has 13 heavy (non-hydrogen) atoms. The highest BCUT2D eigenvalue weighted by Crippen LogP contribution is 1.99. The molecule has 0 N–H and O–H groups in total. The van der Waals surface area contributed by atoms with Crippen LogP contribution in [0.2, 0.25) is 0 Å². The number of rotatable bonds is 2. The van der Waals surface area contributed by atoms with Crippen molar-refractivity contribution in [3.63, 3.8) is 0 Å². The Labute approximate surface area is 76.2 Å². The fraction of sp³-hybridized carbons (Fsp3) is 0.444. The van der Waals surface area contributed by atoms with Gasteiger partial charge in [0.15, 0.2) is 5.78 Å². The van der Waals surface area contributed by atoms with Crippen LogP contribution in [0.25, 0.3) is 0 Å². The van der Waals surface area contributed by atoms with Crippen molar-refractivity contribution in [3.8, 4) is 0 Å². The molecule has 1 aromatic heterocycles. The van der Waals surface area contributed by atoms with E-state index < -0.39 is 0 Å². The summed E-state index contributed by atoms with van der Waals surface area (Å²) in [6, 6.07) is 0.0271. The van der Waals surface area contributed by atoms with E-state index in [1.54, 1.807) is 0 Å². The lowest BCUT2D eigenvalue weighted by Gasteiger charge is -2.08. The smallest absolute Gasteiger partial charge is 0.264 e. The summed E-state index contributed by atoms with van der Waals surface area (Å²) in [5.41, 5.74) is -0.117. The number of hydrogen-bond acceptors (Lipinski definition) is 3. The van der Waals surface area contributed by atoms with Crippen LogP contribution < -0.4 is 5.56 Å². The van der Waals surface area contributed by atoms with E-state index >= 15 is 0 Å². The fourth-order valence-corrected chi connectivity index (χ4v) is 1.04. The van der Waals surface area contributed by atoms with Crippen LogP contribution in [0.4, 0.5) is 0 Å². The first-order chi connectivity index (χ1) is 6.04. The zero-order valence-corrected chi connectivity index (χ0v) is 7.94. The lowest BCUT2D eigenvalue weighted by Crippen LogP contribution is -2.27. The van der Waals surface area contributed by atoms with Gasteiger partial charge in [0, 0.05) is 12.2 Å². The average molecular weight is 180 g/mol. The molecule has 0 aromatic carbocycles. The van der Waals surface area contributed by atoms with Crippen LogP contribution in [0.1, 0.15) is 37.2 Å². The molecule has 0 atom stereocenters. The maximum atomic E-state index is 11.6. The predicted molar refractivity (Wildman–Crippen MR) is 48.9 cm³/mol. The summed E-state index contributed by atoms with van der Waals surface area (Å²) in [4.78, 5) is 26.4. The molecule has 0 radical (unpaired) electrons. The number of Topliss-reactive ketones (excluding diaryl/α,β-unsaturated/α-hetero) is 1. The second kappa shape index (κ2) is 3.51. The van der Waals surface area contributed by atoms with E-state index in [9.17, 15) is 9.59 Å². The number of carbonyl (C=O) groups excluding carboxylic acids is 1. The van der Waals surface area contributed by atoms with Gasteiger partial charge < -0.3 is 0 Å². The van der Waals surface area contributed by atoms with E-state index in [4.69, 9.17) is 0 Å². The van der Waals surface area contributed by atoms with Crippen LogP contribution in [0.5, 0.6) is 0 Å². The van der Waals surface area contributed by atoms with Gasteiger partial charge >= 0.3 is 0 Å². The minimum absolute atomic E-state index is 0.0271. The third-order valence-corrected chi connectivity index (χ3v) is 1.80. The Morgan fingerprint density at radius 3 is 2.62 bits per heavy atom. The van der Waals surface area contributed by atoms with Gasteiger partial charge in [0.05, 0.1) is 6.33 Å². The number of aromatic nitrogens is 2.